The largest absolute Gasteiger partial charge is 0.494 e. The third-order valence-electron chi connectivity index (χ3n) is 3.29. The molecule has 0 unspecified atom stereocenters. The van der Waals surface area contributed by atoms with Crippen LogP contribution < -0.4 is 15.8 Å². The zero-order valence-corrected chi connectivity index (χ0v) is 14.3. The molecule has 0 saturated carbocycles. The van der Waals surface area contributed by atoms with Gasteiger partial charge in [-0.25, -0.2) is 0 Å². The molecular weight excluding hydrogens is 312 g/mol. The summed E-state index contributed by atoms with van der Waals surface area (Å²) in [5, 5.41) is 2.93. The molecule has 3 N–H and O–H groups in total. The second-order valence-electron chi connectivity index (χ2n) is 5.29. The number of aryl methyl sites for hydroxylation is 1. The second kappa shape index (κ2) is 9.06. The molecule has 0 spiro atoms. The maximum absolute atomic E-state index is 12.1. The van der Waals surface area contributed by atoms with Crippen LogP contribution in [0.5, 0.6) is 5.75 Å². The minimum Gasteiger partial charge on any atom is -0.494 e. The second-order valence-corrected chi connectivity index (χ2v) is 5.29. The lowest BCUT2D eigenvalue weighted by Crippen LogP contribution is -2.15. The van der Waals surface area contributed by atoms with Gasteiger partial charge in [0.2, 0.25) is 5.91 Å². The van der Waals surface area contributed by atoms with Crippen LogP contribution in [0.2, 0.25) is 0 Å². The van der Waals surface area contributed by atoms with E-state index in [4.69, 9.17) is 10.5 Å². The third-order valence-corrected chi connectivity index (χ3v) is 3.29. The Morgan fingerprint density at radius 1 is 1.17 bits per heavy atom. The van der Waals surface area contributed by atoms with Crippen molar-refractivity contribution in [3.05, 3.63) is 53.6 Å². The number of carbonyl (C=O) groups excluding carboxylic acids is 1. The Kier molecular flexibility index (Phi) is 7.42. The monoisotopic (exact) mass is 334 g/mol. The predicted octanol–water partition coefficient (Wildman–Crippen LogP) is 3.97. The minimum atomic E-state index is -0.0462. The summed E-state index contributed by atoms with van der Waals surface area (Å²) in [5.74, 6) is 0.783. The van der Waals surface area contributed by atoms with Crippen molar-refractivity contribution >= 4 is 29.7 Å². The highest BCUT2D eigenvalue weighted by atomic mass is 35.5. The fourth-order valence-corrected chi connectivity index (χ4v) is 2.10. The number of rotatable bonds is 6. The number of hydrogen-bond donors (Lipinski definition) is 2. The van der Waals surface area contributed by atoms with Crippen molar-refractivity contribution in [2.75, 3.05) is 17.7 Å². The summed E-state index contributed by atoms with van der Waals surface area (Å²) in [7, 11) is 0. The number of ether oxygens (including phenoxy) is 1. The average molecular weight is 335 g/mol. The van der Waals surface area contributed by atoms with E-state index in [2.05, 4.69) is 12.2 Å². The van der Waals surface area contributed by atoms with Crippen LogP contribution in [0.3, 0.4) is 0 Å². The topological polar surface area (TPSA) is 64.3 Å². The van der Waals surface area contributed by atoms with Gasteiger partial charge in [0.1, 0.15) is 5.75 Å². The van der Waals surface area contributed by atoms with Gasteiger partial charge in [0, 0.05) is 11.4 Å². The van der Waals surface area contributed by atoms with E-state index in [0.29, 0.717) is 18.7 Å². The van der Waals surface area contributed by atoms with E-state index in [1.54, 1.807) is 12.1 Å². The normalized spacial score (nSPS) is 9.83. The smallest absolute Gasteiger partial charge is 0.228 e. The lowest BCUT2D eigenvalue weighted by Gasteiger charge is -2.11. The van der Waals surface area contributed by atoms with Crippen molar-refractivity contribution in [1.82, 2.24) is 0 Å². The van der Waals surface area contributed by atoms with Gasteiger partial charge in [-0.05, 0) is 54.8 Å². The highest BCUT2D eigenvalue weighted by molar-refractivity contribution is 5.93. The Bertz CT molecular complexity index is 642. The van der Waals surface area contributed by atoms with Crippen LogP contribution >= 0.6 is 12.4 Å². The van der Waals surface area contributed by atoms with Crippen molar-refractivity contribution in [3.8, 4) is 5.75 Å². The summed E-state index contributed by atoms with van der Waals surface area (Å²) >= 11 is 0. The van der Waals surface area contributed by atoms with Gasteiger partial charge in [0.15, 0.2) is 0 Å². The van der Waals surface area contributed by atoms with Gasteiger partial charge in [-0.3, -0.25) is 4.79 Å². The lowest BCUT2D eigenvalue weighted by molar-refractivity contribution is -0.115. The van der Waals surface area contributed by atoms with Crippen LogP contribution in [0.4, 0.5) is 11.4 Å². The summed E-state index contributed by atoms with van der Waals surface area (Å²) in [4.78, 5) is 12.1. The molecule has 0 bridgehead atoms. The minimum absolute atomic E-state index is 0. The van der Waals surface area contributed by atoms with E-state index in [1.165, 1.54) is 0 Å². The Morgan fingerprint density at radius 2 is 1.87 bits per heavy atom. The SMILES string of the molecule is CCCOc1ccc(NC(=O)Cc2ccc(N)cc2)c(C)c1.Cl. The number of nitrogens with one attached hydrogen (secondary N) is 1. The van der Waals surface area contributed by atoms with E-state index in [9.17, 15) is 4.79 Å². The van der Waals surface area contributed by atoms with Crippen LogP contribution in [-0.2, 0) is 11.2 Å². The Balaban J connectivity index is 0.00000264. The van der Waals surface area contributed by atoms with Gasteiger partial charge >= 0.3 is 0 Å². The van der Waals surface area contributed by atoms with E-state index in [1.807, 2.05) is 37.3 Å². The first-order valence-corrected chi connectivity index (χ1v) is 7.46. The number of halogens is 1. The first-order valence-electron chi connectivity index (χ1n) is 7.46. The molecule has 2 aromatic rings. The molecule has 23 heavy (non-hydrogen) atoms. The summed E-state index contributed by atoms with van der Waals surface area (Å²) < 4.78 is 5.58. The van der Waals surface area contributed by atoms with Gasteiger partial charge in [0.25, 0.3) is 0 Å². The van der Waals surface area contributed by atoms with Crippen molar-refractivity contribution in [2.45, 2.75) is 26.7 Å². The maximum Gasteiger partial charge on any atom is 0.228 e. The van der Waals surface area contributed by atoms with Crippen molar-refractivity contribution < 1.29 is 9.53 Å². The maximum atomic E-state index is 12.1. The fraction of sp³-hybridized carbons (Fsp3) is 0.278. The zero-order chi connectivity index (χ0) is 15.9. The fourth-order valence-electron chi connectivity index (χ4n) is 2.10. The molecule has 2 aromatic carbocycles. The van der Waals surface area contributed by atoms with Crippen LogP contribution in [-0.4, -0.2) is 12.5 Å². The quantitative estimate of drug-likeness (QED) is 0.786. The molecule has 2 rings (SSSR count). The number of nitrogens with two attached hydrogens (primary N) is 1. The van der Waals surface area contributed by atoms with Crippen LogP contribution in [0.25, 0.3) is 0 Å². The molecule has 5 heteroatoms. The van der Waals surface area contributed by atoms with Gasteiger partial charge in [-0.1, -0.05) is 19.1 Å². The van der Waals surface area contributed by atoms with Crippen molar-refractivity contribution in [1.29, 1.82) is 0 Å². The standard InChI is InChI=1S/C18H22N2O2.ClH/c1-3-10-22-16-8-9-17(13(2)11-16)20-18(21)12-14-4-6-15(19)7-5-14;/h4-9,11H,3,10,12,19H2,1-2H3,(H,20,21);1H. The van der Waals surface area contributed by atoms with E-state index < -0.39 is 0 Å². The molecule has 0 radical (unpaired) electrons. The number of benzene rings is 2. The Morgan fingerprint density at radius 3 is 2.48 bits per heavy atom. The summed E-state index contributed by atoms with van der Waals surface area (Å²) in [6, 6.07) is 13.0. The van der Waals surface area contributed by atoms with E-state index in [0.717, 1.165) is 29.0 Å². The van der Waals surface area contributed by atoms with Crippen LogP contribution in [0, 0.1) is 6.92 Å². The Labute approximate surface area is 143 Å². The molecule has 0 aromatic heterocycles. The first kappa shape index (κ1) is 18.8. The summed E-state index contributed by atoms with van der Waals surface area (Å²) in [6.45, 7) is 4.72. The molecule has 0 aliphatic heterocycles. The highest BCUT2D eigenvalue weighted by Gasteiger charge is 2.07. The van der Waals surface area contributed by atoms with Gasteiger partial charge in [-0.2, -0.15) is 0 Å². The zero-order valence-electron chi connectivity index (χ0n) is 13.5. The number of anilines is 2. The highest BCUT2D eigenvalue weighted by Crippen LogP contribution is 2.21. The molecule has 0 heterocycles. The third kappa shape index (κ3) is 5.83. The van der Waals surface area contributed by atoms with E-state index in [-0.39, 0.29) is 18.3 Å². The van der Waals surface area contributed by atoms with Gasteiger partial charge in [0.05, 0.1) is 13.0 Å². The molecule has 4 nitrogen and oxygen atoms in total. The molecule has 0 atom stereocenters. The van der Waals surface area contributed by atoms with Crippen LogP contribution in [0.1, 0.15) is 24.5 Å². The molecule has 1 amide bonds. The number of hydrogen-bond acceptors (Lipinski definition) is 3. The molecule has 0 aliphatic rings. The van der Waals surface area contributed by atoms with Gasteiger partial charge < -0.3 is 15.8 Å². The number of nitrogen functional groups attached to an aromatic ring is 1. The molecular formula is C18H23ClN2O2. The van der Waals surface area contributed by atoms with Crippen LogP contribution in [0.15, 0.2) is 42.5 Å². The summed E-state index contributed by atoms with van der Waals surface area (Å²) in [5.41, 5.74) is 9.07. The molecule has 0 fully saturated rings. The molecule has 0 saturated heterocycles. The predicted molar refractivity (Wildman–Crippen MR) is 97.4 cm³/mol. The first-order chi connectivity index (χ1) is 10.6. The number of carbonyl (C=O) groups is 1. The molecule has 124 valence electrons. The van der Waals surface area contributed by atoms with E-state index >= 15 is 0 Å². The number of amides is 1. The van der Waals surface area contributed by atoms with Crippen molar-refractivity contribution in [3.63, 3.8) is 0 Å². The lowest BCUT2D eigenvalue weighted by atomic mass is 10.1. The Hall–Kier alpha value is -2.20. The molecule has 0 aliphatic carbocycles. The van der Waals surface area contributed by atoms with Crippen molar-refractivity contribution in [2.24, 2.45) is 0 Å². The van der Waals surface area contributed by atoms with Gasteiger partial charge in [-0.15, -0.1) is 12.4 Å². The average Bonchev–Trinajstić information content (AvgIpc) is 2.50. The summed E-state index contributed by atoms with van der Waals surface area (Å²) in [6.07, 6.45) is 1.30.